The summed E-state index contributed by atoms with van der Waals surface area (Å²) in [5.74, 6) is 0. The molecule has 0 amide bonds. The zero-order chi connectivity index (χ0) is 15.6. The number of rotatable bonds is 4. The van der Waals surface area contributed by atoms with Gasteiger partial charge >= 0.3 is 0 Å². The molecule has 7 heteroatoms. The Morgan fingerprint density at radius 3 is 2.29 bits per heavy atom. The summed E-state index contributed by atoms with van der Waals surface area (Å²) in [6, 6.07) is 6.71. The molecule has 2 atom stereocenters. The van der Waals surface area contributed by atoms with E-state index in [0.717, 1.165) is 5.56 Å². The lowest BCUT2D eigenvalue weighted by atomic mass is 10.1. The maximum absolute atomic E-state index is 12.6. The van der Waals surface area contributed by atoms with Crippen LogP contribution in [0.3, 0.4) is 0 Å². The van der Waals surface area contributed by atoms with Gasteiger partial charge in [0, 0.05) is 19.5 Å². The molecule has 1 fully saturated rings. The van der Waals surface area contributed by atoms with Gasteiger partial charge in [-0.3, -0.25) is 0 Å². The van der Waals surface area contributed by atoms with E-state index in [0.29, 0.717) is 24.5 Å². The predicted octanol–water partition coefficient (Wildman–Crippen LogP) is 1.31. The van der Waals surface area contributed by atoms with Gasteiger partial charge in [0.1, 0.15) is 0 Å². The molecule has 1 aliphatic heterocycles. The van der Waals surface area contributed by atoms with Gasteiger partial charge in [0.15, 0.2) is 0 Å². The number of benzene rings is 1. The van der Waals surface area contributed by atoms with Gasteiger partial charge in [-0.1, -0.05) is 24.4 Å². The molecule has 0 bridgehead atoms. The van der Waals surface area contributed by atoms with Crippen LogP contribution in [0.4, 0.5) is 0 Å². The third-order valence-corrected chi connectivity index (χ3v) is 5.32. The highest BCUT2D eigenvalue weighted by molar-refractivity contribution is 7.89. The minimum Gasteiger partial charge on any atom is -0.393 e. The predicted molar refractivity (Wildman–Crippen MR) is 85.7 cm³/mol. The van der Waals surface area contributed by atoms with Crippen LogP contribution in [0.15, 0.2) is 29.2 Å². The quantitative estimate of drug-likeness (QED) is 0.844. The van der Waals surface area contributed by atoms with Crippen molar-refractivity contribution in [3.05, 3.63) is 29.8 Å². The van der Waals surface area contributed by atoms with Crippen LogP contribution in [-0.4, -0.2) is 43.0 Å². The summed E-state index contributed by atoms with van der Waals surface area (Å²) in [5.41, 5.74) is 6.39. The monoisotopic (exact) mass is 328 g/mol. The Labute approximate surface area is 131 Å². The van der Waals surface area contributed by atoms with Crippen LogP contribution in [0.25, 0.3) is 0 Å². The average molecular weight is 328 g/mol. The van der Waals surface area contributed by atoms with Gasteiger partial charge in [0.05, 0.1) is 22.1 Å². The minimum absolute atomic E-state index is 0.0996. The van der Waals surface area contributed by atoms with Crippen molar-refractivity contribution in [2.75, 3.05) is 13.1 Å². The van der Waals surface area contributed by atoms with Crippen molar-refractivity contribution >= 4 is 27.2 Å². The first-order valence-corrected chi connectivity index (χ1v) is 8.66. The SMILES string of the molecule is CC1CN(S(=O)(=O)c2ccc(CC(N)=S)cc2)CC(C)O1. The fourth-order valence-corrected chi connectivity index (χ4v) is 4.21. The molecule has 1 aromatic rings. The van der Waals surface area contributed by atoms with E-state index < -0.39 is 10.0 Å². The highest BCUT2D eigenvalue weighted by atomic mass is 32.2. The molecule has 1 saturated heterocycles. The fourth-order valence-electron chi connectivity index (χ4n) is 2.46. The molecule has 116 valence electrons. The van der Waals surface area contributed by atoms with E-state index in [1.54, 1.807) is 24.3 Å². The molecule has 0 aliphatic carbocycles. The van der Waals surface area contributed by atoms with Crippen LogP contribution in [0.1, 0.15) is 19.4 Å². The van der Waals surface area contributed by atoms with E-state index in [9.17, 15) is 8.42 Å². The first-order valence-electron chi connectivity index (χ1n) is 6.82. The van der Waals surface area contributed by atoms with Crippen LogP contribution < -0.4 is 5.73 Å². The lowest BCUT2D eigenvalue weighted by Gasteiger charge is -2.34. The van der Waals surface area contributed by atoms with Crippen molar-refractivity contribution < 1.29 is 13.2 Å². The Kier molecular flexibility index (Phi) is 4.98. The van der Waals surface area contributed by atoms with Crippen molar-refractivity contribution in [1.29, 1.82) is 0 Å². The molecule has 0 saturated carbocycles. The number of nitrogens with zero attached hydrogens (tertiary/aromatic N) is 1. The largest absolute Gasteiger partial charge is 0.393 e. The molecule has 2 rings (SSSR count). The van der Waals surface area contributed by atoms with Gasteiger partial charge in [-0.05, 0) is 31.5 Å². The molecule has 0 spiro atoms. The number of ether oxygens (including phenoxy) is 1. The third kappa shape index (κ3) is 4.00. The molecule has 1 heterocycles. The van der Waals surface area contributed by atoms with Gasteiger partial charge in [-0.25, -0.2) is 8.42 Å². The highest BCUT2D eigenvalue weighted by Crippen LogP contribution is 2.21. The molecular weight excluding hydrogens is 308 g/mol. The highest BCUT2D eigenvalue weighted by Gasteiger charge is 2.32. The van der Waals surface area contributed by atoms with E-state index in [4.69, 9.17) is 22.7 Å². The van der Waals surface area contributed by atoms with Gasteiger partial charge in [-0.15, -0.1) is 0 Å². The average Bonchev–Trinajstić information content (AvgIpc) is 2.37. The topological polar surface area (TPSA) is 72.6 Å². The van der Waals surface area contributed by atoms with Crippen molar-refractivity contribution in [2.24, 2.45) is 5.73 Å². The molecule has 2 unspecified atom stereocenters. The Morgan fingerprint density at radius 1 is 1.29 bits per heavy atom. The van der Waals surface area contributed by atoms with E-state index in [-0.39, 0.29) is 17.1 Å². The summed E-state index contributed by atoms with van der Waals surface area (Å²) in [5, 5.41) is 0. The summed E-state index contributed by atoms with van der Waals surface area (Å²) < 4.78 is 32.3. The molecule has 1 aliphatic rings. The van der Waals surface area contributed by atoms with E-state index >= 15 is 0 Å². The second-order valence-corrected chi connectivity index (χ2v) is 7.83. The number of hydrogen-bond acceptors (Lipinski definition) is 4. The smallest absolute Gasteiger partial charge is 0.243 e. The minimum atomic E-state index is -3.48. The maximum Gasteiger partial charge on any atom is 0.243 e. The van der Waals surface area contributed by atoms with Gasteiger partial charge in [0.2, 0.25) is 10.0 Å². The summed E-state index contributed by atoms with van der Waals surface area (Å²) in [7, 11) is -3.48. The first-order chi connectivity index (χ1) is 9.79. The standard InChI is InChI=1S/C14H20N2O3S2/c1-10-8-16(9-11(2)19-10)21(17,18)13-5-3-12(4-6-13)7-14(15)20/h3-6,10-11H,7-9H2,1-2H3,(H2,15,20). The number of sulfonamides is 1. The first kappa shape index (κ1) is 16.4. The van der Waals surface area contributed by atoms with Crippen molar-refractivity contribution in [2.45, 2.75) is 37.4 Å². The fraction of sp³-hybridized carbons (Fsp3) is 0.500. The van der Waals surface area contributed by atoms with Crippen LogP contribution >= 0.6 is 12.2 Å². The lowest BCUT2D eigenvalue weighted by Crippen LogP contribution is -2.48. The molecular formula is C14H20N2O3S2. The van der Waals surface area contributed by atoms with Crippen LogP contribution in [-0.2, 0) is 21.2 Å². The summed E-state index contributed by atoms with van der Waals surface area (Å²) in [6.45, 7) is 4.51. The molecule has 0 aromatic heterocycles. The second kappa shape index (κ2) is 6.39. The lowest BCUT2D eigenvalue weighted by molar-refractivity contribution is -0.0440. The van der Waals surface area contributed by atoms with Gasteiger partial charge < -0.3 is 10.5 Å². The van der Waals surface area contributed by atoms with Crippen molar-refractivity contribution in [3.63, 3.8) is 0 Å². The van der Waals surface area contributed by atoms with E-state index in [2.05, 4.69) is 0 Å². The summed E-state index contributed by atoms with van der Waals surface area (Å²) in [4.78, 5) is 0.678. The number of thiocarbonyl (C=S) groups is 1. The van der Waals surface area contributed by atoms with E-state index in [1.165, 1.54) is 4.31 Å². The molecule has 21 heavy (non-hydrogen) atoms. The number of morpholine rings is 1. The Bertz CT molecular complexity index is 604. The maximum atomic E-state index is 12.6. The Morgan fingerprint density at radius 2 is 1.81 bits per heavy atom. The van der Waals surface area contributed by atoms with Crippen LogP contribution in [0.5, 0.6) is 0 Å². The van der Waals surface area contributed by atoms with E-state index in [1.807, 2.05) is 13.8 Å². The zero-order valence-corrected chi connectivity index (χ0v) is 13.8. The molecule has 5 nitrogen and oxygen atoms in total. The van der Waals surface area contributed by atoms with Crippen molar-refractivity contribution in [3.8, 4) is 0 Å². The number of hydrogen-bond donors (Lipinski definition) is 1. The molecule has 1 aromatic carbocycles. The van der Waals surface area contributed by atoms with Gasteiger partial charge in [-0.2, -0.15) is 4.31 Å². The summed E-state index contributed by atoms with van der Waals surface area (Å²) >= 11 is 4.85. The van der Waals surface area contributed by atoms with Gasteiger partial charge in [0.25, 0.3) is 0 Å². The Hall–Kier alpha value is -1.02. The van der Waals surface area contributed by atoms with Crippen LogP contribution in [0, 0.1) is 0 Å². The normalized spacial score (nSPS) is 23.9. The molecule has 0 radical (unpaired) electrons. The third-order valence-electron chi connectivity index (χ3n) is 3.33. The second-order valence-electron chi connectivity index (χ2n) is 5.37. The Balaban J connectivity index is 2.21. The zero-order valence-electron chi connectivity index (χ0n) is 12.2. The summed E-state index contributed by atoms with van der Waals surface area (Å²) in [6.07, 6.45) is 0.274. The van der Waals surface area contributed by atoms with Crippen molar-refractivity contribution in [1.82, 2.24) is 4.31 Å². The number of nitrogens with two attached hydrogens (primary N) is 1. The molecule has 2 N–H and O–H groups in total. The van der Waals surface area contributed by atoms with Crippen LogP contribution in [0.2, 0.25) is 0 Å².